The number of aromatic nitrogens is 3. The van der Waals surface area contributed by atoms with Gasteiger partial charge in [-0.3, -0.25) is 9.56 Å². The molecular formula is C20H19ClN4OS. The molecule has 4 rings (SSSR count). The molecule has 1 aliphatic rings. The van der Waals surface area contributed by atoms with Crippen LogP contribution in [0.2, 0.25) is 5.02 Å². The molecule has 2 unspecified atom stereocenters. The van der Waals surface area contributed by atoms with Gasteiger partial charge in [0, 0.05) is 21.4 Å². The molecule has 0 aliphatic carbocycles. The van der Waals surface area contributed by atoms with Gasteiger partial charge in [-0.2, -0.15) is 12.6 Å². The van der Waals surface area contributed by atoms with E-state index in [9.17, 15) is 0 Å². The van der Waals surface area contributed by atoms with Crippen molar-refractivity contribution >= 4 is 29.9 Å². The first-order valence-electron chi connectivity index (χ1n) is 8.62. The van der Waals surface area contributed by atoms with Crippen molar-refractivity contribution < 1.29 is 4.74 Å². The quantitative estimate of drug-likeness (QED) is 0.663. The molecular weight excluding hydrogens is 380 g/mol. The van der Waals surface area contributed by atoms with Crippen LogP contribution in [-0.2, 0) is 0 Å². The van der Waals surface area contributed by atoms with E-state index in [0.29, 0.717) is 5.02 Å². The maximum absolute atomic E-state index is 6.09. The van der Waals surface area contributed by atoms with E-state index in [1.807, 2.05) is 56.3 Å². The molecule has 2 atom stereocenters. The number of methoxy groups -OCH3 is 1. The lowest BCUT2D eigenvalue weighted by Gasteiger charge is -2.15. The van der Waals surface area contributed by atoms with Crippen LogP contribution in [0.5, 0.6) is 5.75 Å². The summed E-state index contributed by atoms with van der Waals surface area (Å²) in [5.74, 6) is 2.35. The highest BCUT2D eigenvalue weighted by Gasteiger charge is 2.30. The van der Waals surface area contributed by atoms with Crippen molar-refractivity contribution in [2.75, 3.05) is 7.11 Å². The number of aryl methyl sites for hydroxylation is 1. The second-order valence-corrected chi connectivity index (χ2v) is 7.74. The smallest absolute Gasteiger partial charge is 0.163 e. The number of nitrogens with zero attached hydrogens (tertiary/aromatic N) is 4. The first-order valence-corrected chi connectivity index (χ1v) is 9.51. The van der Waals surface area contributed by atoms with Crippen molar-refractivity contribution in [2.24, 2.45) is 4.99 Å². The first kappa shape index (κ1) is 18.1. The maximum Gasteiger partial charge on any atom is 0.163 e. The van der Waals surface area contributed by atoms with Crippen molar-refractivity contribution in [1.29, 1.82) is 0 Å². The van der Waals surface area contributed by atoms with Gasteiger partial charge in [0.1, 0.15) is 17.6 Å². The largest absolute Gasteiger partial charge is 0.497 e. The molecule has 2 aromatic carbocycles. The zero-order chi connectivity index (χ0) is 19.1. The Balaban J connectivity index is 2.04. The van der Waals surface area contributed by atoms with Gasteiger partial charge in [0.2, 0.25) is 0 Å². The minimum atomic E-state index is -0.237. The molecule has 0 spiro atoms. The molecule has 1 aliphatic heterocycles. The van der Waals surface area contributed by atoms with Crippen LogP contribution < -0.4 is 4.74 Å². The zero-order valence-electron chi connectivity index (χ0n) is 15.2. The maximum atomic E-state index is 6.09. The lowest BCUT2D eigenvalue weighted by Crippen LogP contribution is -2.13. The number of rotatable bonds is 3. The molecule has 3 aromatic rings. The topological polar surface area (TPSA) is 52.3 Å². The van der Waals surface area contributed by atoms with Gasteiger partial charge in [-0.25, -0.2) is 0 Å². The molecule has 2 heterocycles. The van der Waals surface area contributed by atoms with Crippen LogP contribution in [0.25, 0.3) is 5.69 Å². The first-order chi connectivity index (χ1) is 13.0. The summed E-state index contributed by atoms with van der Waals surface area (Å²) in [6, 6.07) is 13.4. The standard InChI is InChI=1S/C20H19ClN4OS/c1-11(27)18-20-24-23-12(2)25(20)17-9-8-15(26-3)10-16(17)19(22-18)13-4-6-14(21)7-5-13/h4-11,18,27H,1-3H3. The molecule has 0 fully saturated rings. The van der Waals surface area contributed by atoms with Crippen molar-refractivity contribution in [3.63, 3.8) is 0 Å². The monoisotopic (exact) mass is 398 g/mol. The Kier molecular flexibility index (Phi) is 4.70. The van der Waals surface area contributed by atoms with Crippen LogP contribution in [-0.4, -0.2) is 32.8 Å². The summed E-state index contributed by atoms with van der Waals surface area (Å²) in [5, 5.41) is 9.34. The lowest BCUT2D eigenvalue weighted by atomic mass is 10.00. The number of halogens is 1. The number of thiol groups is 1. The van der Waals surface area contributed by atoms with Crippen molar-refractivity contribution in [2.45, 2.75) is 25.1 Å². The minimum Gasteiger partial charge on any atom is -0.497 e. The molecule has 0 saturated heterocycles. The number of benzene rings is 2. The Hall–Kier alpha value is -2.31. The summed E-state index contributed by atoms with van der Waals surface area (Å²) in [7, 11) is 1.66. The molecule has 7 heteroatoms. The van der Waals surface area contributed by atoms with Crippen LogP contribution in [0.1, 0.15) is 35.7 Å². The van der Waals surface area contributed by atoms with Gasteiger partial charge in [-0.1, -0.05) is 30.7 Å². The number of hydrogen-bond acceptors (Lipinski definition) is 5. The van der Waals surface area contributed by atoms with Crippen molar-refractivity contribution in [3.05, 3.63) is 70.3 Å². The Morgan fingerprint density at radius 3 is 2.56 bits per heavy atom. The van der Waals surface area contributed by atoms with Gasteiger partial charge < -0.3 is 4.74 Å². The van der Waals surface area contributed by atoms with Gasteiger partial charge in [-0.05, 0) is 37.3 Å². The van der Waals surface area contributed by atoms with Crippen molar-refractivity contribution in [3.8, 4) is 11.4 Å². The third-order valence-corrected chi connectivity index (χ3v) is 5.19. The van der Waals surface area contributed by atoms with Gasteiger partial charge in [0.25, 0.3) is 0 Å². The number of fused-ring (bicyclic) bond motifs is 3. The highest BCUT2D eigenvalue weighted by molar-refractivity contribution is 7.81. The molecule has 0 bridgehead atoms. The highest BCUT2D eigenvalue weighted by Crippen LogP contribution is 2.35. The third kappa shape index (κ3) is 3.13. The van der Waals surface area contributed by atoms with Gasteiger partial charge in [0.05, 0.1) is 18.5 Å². The second kappa shape index (κ2) is 7.02. The van der Waals surface area contributed by atoms with Crippen LogP contribution in [0, 0.1) is 6.92 Å². The molecule has 0 amide bonds. The molecule has 0 saturated carbocycles. The molecule has 27 heavy (non-hydrogen) atoms. The molecule has 0 radical (unpaired) electrons. The summed E-state index contributed by atoms with van der Waals surface area (Å²) in [5.41, 5.74) is 3.76. The zero-order valence-corrected chi connectivity index (χ0v) is 16.9. The predicted molar refractivity (Wildman–Crippen MR) is 111 cm³/mol. The fourth-order valence-electron chi connectivity index (χ4n) is 3.32. The third-order valence-electron chi connectivity index (χ3n) is 4.66. The van der Waals surface area contributed by atoms with E-state index in [1.54, 1.807) is 7.11 Å². The van der Waals surface area contributed by atoms with Crippen molar-refractivity contribution in [1.82, 2.24) is 14.8 Å². The van der Waals surface area contributed by atoms with Crippen LogP contribution in [0.4, 0.5) is 0 Å². The number of aliphatic imine (C=N–C) groups is 1. The predicted octanol–water partition coefficient (Wildman–Crippen LogP) is 4.45. The van der Waals surface area contributed by atoms with Crippen LogP contribution >= 0.6 is 24.2 Å². The summed E-state index contributed by atoms with van der Waals surface area (Å²) in [4.78, 5) is 5.06. The van der Waals surface area contributed by atoms with Crippen LogP contribution in [0.3, 0.4) is 0 Å². The van der Waals surface area contributed by atoms with E-state index < -0.39 is 0 Å². The summed E-state index contributed by atoms with van der Waals surface area (Å²) >= 11 is 10.8. The van der Waals surface area contributed by atoms with E-state index in [2.05, 4.69) is 27.4 Å². The van der Waals surface area contributed by atoms with Crippen LogP contribution in [0.15, 0.2) is 47.5 Å². The molecule has 1 aromatic heterocycles. The Morgan fingerprint density at radius 1 is 1.15 bits per heavy atom. The Morgan fingerprint density at radius 2 is 1.89 bits per heavy atom. The fourth-order valence-corrected chi connectivity index (χ4v) is 3.65. The molecule has 138 valence electrons. The Labute approximate surface area is 168 Å². The van der Waals surface area contributed by atoms with Gasteiger partial charge in [-0.15, -0.1) is 10.2 Å². The average Bonchev–Trinajstić information content (AvgIpc) is 2.96. The fraction of sp³-hybridized carbons (Fsp3) is 0.250. The lowest BCUT2D eigenvalue weighted by molar-refractivity contribution is 0.414. The summed E-state index contributed by atoms with van der Waals surface area (Å²) in [6.07, 6.45) is 0. The number of hydrogen-bond donors (Lipinski definition) is 1. The van der Waals surface area contributed by atoms with Gasteiger partial charge in [0.15, 0.2) is 5.82 Å². The van der Waals surface area contributed by atoms with E-state index in [-0.39, 0.29) is 11.3 Å². The molecule has 5 nitrogen and oxygen atoms in total. The Bertz CT molecular complexity index is 1030. The second-order valence-electron chi connectivity index (χ2n) is 6.49. The van der Waals surface area contributed by atoms with E-state index in [0.717, 1.165) is 39.9 Å². The summed E-state index contributed by atoms with van der Waals surface area (Å²) < 4.78 is 7.52. The van der Waals surface area contributed by atoms with E-state index in [1.165, 1.54) is 0 Å². The highest BCUT2D eigenvalue weighted by atomic mass is 35.5. The average molecular weight is 399 g/mol. The van der Waals surface area contributed by atoms with E-state index in [4.69, 9.17) is 21.3 Å². The minimum absolute atomic E-state index is 0.0362. The summed E-state index contributed by atoms with van der Waals surface area (Å²) in [6.45, 7) is 3.96. The normalized spacial score (nSPS) is 16.8. The molecule has 0 N–H and O–H groups in total. The van der Waals surface area contributed by atoms with Gasteiger partial charge >= 0.3 is 0 Å². The van der Waals surface area contributed by atoms with E-state index >= 15 is 0 Å². The SMILES string of the molecule is COc1ccc2c(c1)C(c1ccc(Cl)cc1)=NC(C(C)S)c1nnc(C)n1-2. The number of ether oxygens (including phenoxy) is 1.